The third-order valence-corrected chi connectivity index (χ3v) is 4.31. The Morgan fingerprint density at radius 3 is 2.81 bits per heavy atom. The van der Waals surface area contributed by atoms with Gasteiger partial charge in [0.1, 0.15) is 11.7 Å². The predicted octanol–water partition coefficient (Wildman–Crippen LogP) is 3.76. The first kappa shape index (κ1) is 15.7. The van der Waals surface area contributed by atoms with E-state index in [1.807, 2.05) is 0 Å². The molecule has 0 aliphatic heterocycles. The zero-order valence-electron chi connectivity index (χ0n) is 12.7. The molecule has 0 saturated heterocycles. The average Bonchev–Trinajstić information content (AvgIpc) is 2.40. The number of carbonyl (C=O) groups is 1. The van der Waals surface area contributed by atoms with Crippen LogP contribution < -0.4 is 4.74 Å². The lowest BCUT2D eigenvalue weighted by atomic mass is 9.75. The molecule has 1 saturated carbocycles. The second kappa shape index (κ2) is 6.41. The minimum Gasteiger partial charge on any atom is -0.478 e. The zero-order valence-corrected chi connectivity index (χ0v) is 12.7. The molecule has 0 bridgehead atoms. The van der Waals surface area contributed by atoms with Gasteiger partial charge in [0, 0.05) is 6.20 Å². The second-order valence-corrected chi connectivity index (χ2v) is 6.27. The summed E-state index contributed by atoms with van der Waals surface area (Å²) in [6.45, 7) is 6.42. The quantitative estimate of drug-likeness (QED) is 0.918. The van der Waals surface area contributed by atoms with Crippen LogP contribution in [0.15, 0.2) is 12.3 Å². The summed E-state index contributed by atoms with van der Waals surface area (Å²) < 4.78 is 19.9. The fourth-order valence-corrected chi connectivity index (χ4v) is 3.07. The SMILES string of the molecule is CC1CCC(C(C)C)C(Oc2nccc(C(=O)O)c2F)C1. The normalized spacial score (nSPS) is 25.9. The summed E-state index contributed by atoms with van der Waals surface area (Å²) in [5, 5.41) is 8.95. The molecule has 0 spiro atoms. The van der Waals surface area contributed by atoms with Gasteiger partial charge < -0.3 is 9.84 Å². The lowest BCUT2D eigenvalue weighted by Gasteiger charge is -2.37. The average molecular weight is 295 g/mol. The summed E-state index contributed by atoms with van der Waals surface area (Å²) in [5.41, 5.74) is -0.398. The fourth-order valence-electron chi connectivity index (χ4n) is 3.07. The van der Waals surface area contributed by atoms with Crippen molar-refractivity contribution in [2.24, 2.45) is 17.8 Å². The Bertz CT molecular complexity index is 518. The summed E-state index contributed by atoms with van der Waals surface area (Å²) in [7, 11) is 0. The number of carboxylic acids is 1. The highest BCUT2D eigenvalue weighted by molar-refractivity contribution is 5.88. The van der Waals surface area contributed by atoms with Gasteiger partial charge in [-0.1, -0.05) is 27.2 Å². The molecule has 1 aliphatic rings. The lowest BCUT2D eigenvalue weighted by Crippen LogP contribution is -2.36. The minimum absolute atomic E-state index is 0.111. The van der Waals surface area contributed by atoms with E-state index in [9.17, 15) is 9.18 Å². The number of rotatable bonds is 4. The van der Waals surface area contributed by atoms with E-state index in [1.54, 1.807) is 0 Å². The van der Waals surface area contributed by atoms with Crippen molar-refractivity contribution in [1.82, 2.24) is 4.98 Å². The van der Waals surface area contributed by atoms with E-state index in [1.165, 1.54) is 6.20 Å². The number of carboxylic acid groups (broad SMARTS) is 1. The van der Waals surface area contributed by atoms with Gasteiger partial charge in [0.25, 0.3) is 5.88 Å². The molecule has 0 radical (unpaired) electrons. The monoisotopic (exact) mass is 295 g/mol. The number of hydrogen-bond acceptors (Lipinski definition) is 3. The van der Waals surface area contributed by atoms with Crippen LogP contribution in [0.5, 0.6) is 5.88 Å². The van der Waals surface area contributed by atoms with Gasteiger partial charge in [-0.15, -0.1) is 0 Å². The number of aromatic nitrogens is 1. The summed E-state index contributed by atoms with van der Waals surface area (Å²) in [5.74, 6) is -1.08. The number of aromatic carboxylic acids is 1. The largest absolute Gasteiger partial charge is 0.478 e. The zero-order chi connectivity index (χ0) is 15.6. The third kappa shape index (κ3) is 3.52. The van der Waals surface area contributed by atoms with Crippen molar-refractivity contribution in [1.29, 1.82) is 0 Å². The Hall–Kier alpha value is -1.65. The van der Waals surface area contributed by atoms with Crippen molar-refractivity contribution in [3.05, 3.63) is 23.6 Å². The van der Waals surface area contributed by atoms with E-state index in [2.05, 4.69) is 25.8 Å². The predicted molar refractivity (Wildman–Crippen MR) is 76.9 cm³/mol. The molecule has 1 heterocycles. The molecule has 3 unspecified atom stereocenters. The van der Waals surface area contributed by atoms with E-state index < -0.39 is 17.3 Å². The molecular formula is C16H22FNO3. The minimum atomic E-state index is -1.31. The van der Waals surface area contributed by atoms with Gasteiger partial charge in [0.15, 0.2) is 5.82 Å². The van der Waals surface area contributed by atoms with Crippen LogP contribution in [-0.2, 0) is 0 Å². The summed E-state index contributed by atoms with van der Waals surface area (Å²) >= 11 is 0. The van der Waals surface area contributed by atoms with Crippen LogP contribution in [0.3, 0.4) is 0 Å². The van der Waals surface area contributed by atoms with Crippen LogP contribution in [0.25, 0.3) is 0 Å². The number of halogens is 1. The maximum absolute atomic E-state index is 14.1. The van der Waals surface area contributed by atoms with Gasteiger partial charge in [-0.25, -0.2) is 14.2 Å². The van der Waals surface area contributed by atoms with Gasteiger partial charge >= 0.3 is 5.97 Å². The van der Waals surface area contributed by atoms with Crippen LogP contribution in [0, 0.1) is 23.6 Å². The van der Waals surface area contributed by atoms with Crippen molar-refractivity contribution in [2.75, 3.05) is 0 Å². The molecule has 1 aromatic rings. The molecule has 1 N–H and O–H groups in total. The van der Waals surface area contributed by atoms with E-state index in [4.69, 9.17) is 9.84 Å². The third-order valence-electron chi connectivity index (χ3n) is 4.31. The standard InChI is InChI=1S/C16H22FNO3/c1-9(2)11-5-4-10(3)8-13(11)21-15-14(17)12(16(19)20)6-7-18-15/h6-7,9-11,13H,4-5,8H2,1-3H3,(H,19,20). The van der Waals surface area contributed by atoms with Gasteiger partial charge in [0.2, 0.25) is 0 Å². The first-order chi connectivity index (χ1) is 9.90. The molecular weight excluding hydrogens is 273 g/mol. The Morgan fingerprint density at radius 1 is 1.48 bits per heavy atom. The molecule has 21 heavy (non-hydrogen) atoms. The molecule has 0 aromatic carbocycles. The molecule has 116 valence electrons. The Labute approximate surface area is 124 Å². The molecule has 3 atom stereocenters. The van der Waals surface area contributed by atoms with Crippen molar-refractivity contribution in [2.45, 2.75) is 46.1 Å². The van der Waals surface area contributed by atoms with Gasteiger partial charge in [-0.3, -0.25) is 0 Å². The van der Waals surface area contributed by atoms with E-state index >= 15 is 0 Å². The lowest BCUT2D eigenvalue weighted by molar-refractivity contribution is 0.0389. The molecule has 1 aromatic heterocycles. The number of pyridine rings is 1. The van der Waals surface area contributed by atoms with Crippen molar-refractivity contribution in [3.63, 3.8) is 0 Å². The second-order valence-electron chi connectivity index (χ2n) is 6.27. The molecule has 1 fully saturated rings. The number of hydrogen-bond donors (Lipinski definition) is 1. The first-order valence-corrected chi connectivity index (χ1v) is 7.44. The molecule has 2 rings (SSSR count). The van der Waals surface area contributed by atoms with E-state index in [0.717, 1.165) is 25.3 Å². The highest BCUT2D eigenvalue weighted by Crippen LogP contribution is 2.36. The van der Waals surface area contributed by atoms with Gasteiger partial charge in [-0.2, -0.15) is 0 Å². The van der Waals surface area contributed by atoms with Crippen LogP contribution in [0.1, 0.15) is 50.4 Å². The van der Waals surface area contributed by atoms with Crippen LogP contribution in [0.2, 0.25) is 0 Å². The maximum Gasteiger partial charge on any atom is 0.338 e. The fraction of sp³-hybridized carbons (Fsp3) is 0.625. The summed E-state index contributed by atoms with van der Waals surface area (Å²) in [6.07, 6.45) is 4.21. The van der Waals surface area contributed by atoms with E-state index in [0.29, 0.717) is 17.8 Å². The Kier molecular flexibility index (Phi) is 4.80. The topological polar surface area (TPSA) is 59.4 Å². The summed E-state index contributed by atoms with van der Waals surface area (Å²) in [4.78, 5) is 14.8. The first-order valence-electron chi connectivity index (χ1n) is 7.44. The van der Waals surface area contributed by atoms with Crippen LogP contribution in [0.4, 0.5) is 4.39 Å². The number of nitrogens with zero attached hydrogens (tertiary/aromatic N) is 1. The molecule has 5 heteroatoms. The van der Waals surface area contributed by atoms with Crippen LogP contribution >= 0.6 is 0 Å². The van der Waals surface area contributed by atoms with Crippen LogP contribution in [-0.4, -0.2) is 22.2 Å². The highest BCUT2D eigenvalue weighted by Gasteiger charge is 2.33. The smallest absolute Gasteiger partial charge is 0.338 e. The summed E-state index contributed by atoms with van der Waals surface area (Å²) in [6, 6.07) is 1.15. The van der Waals surface area contributed by atoms with Gasteiger partial charge in [0.05, 0.1) is 0 Å². The van der Waals surface area contributed by atoms with Crippen molar-refractivity contribution >= 4 is 5.97 Å². The molecule has 1 aliphatic carbocycles. The number of ether oxygens (including phenoxy) is 1. The van der Waals surface area contributed by atoms with Gasteiger partial charge in [-0.05, 0) is 36.7 Å². The van der Waals surface area contributed by atoms with E-state index in [-0.39, 0.29) is 12.0 Å². The maximum atomic E-state index is 14.1. The Balaban J connectivity index is 2.23. The highest BCUT2D eigenvalue weighted by atomic mass is 19.1. The van der Waals surface area contributed by atoms with Crippen molar-refractivity contribution < 1.29 is 19.0 Å². The molecule has 4 nitrogen and oxygen atoms in total. The Morgan fingerprint density at radius 2 is 2.19 bits per heavy atom. The van der Waals surface area contributed by atoms with Crippen molar-refractivity contribution in [3.8, 4) is 5.88 Å². The molecule has 0 amide bonds.